The van der Waals surface area contributed by atoms with E-state index in [0.29, 0.717) is 18.1 Å². The van der Waals surface area contributed by atoms with Gasteiger partial charge in [0.25, 0.3) is 5.91 Å². The lowest BCUT2D eigenvalue weighted by Crippen LogP contribution is -2.34. The highest BCUT2D eigenvalue weighted by atomic mass is 16.1. The topological polar surface area (TPSA) is 107 Å². The molecule has 0 fully saturated rings. The third-order valence-corrected chi connectivity index (χ3v) is 5.79. The Morgan fingerprint density at radius 3 is 2.75 bits per heavy atom. The summed E-state index contributed by atoms with van der Waals surface area (Å²) in [6.07, 6.45) is 7.35. The lowest BCUT2D eigenvalue weighted by molar-refractivity contribution is 0.0949. The predicted molar refractivity (Wildman–Crippen MR) is 151 cm³/mol. The van der Waals surface area contributed by atoms with Crippen molar-refractivity contribution in [3.05, 3.63) is 82.7 Å². The molecule has 0 saturated heterocycles. The number of rotatable bonds is 8. The Morgan fingerprint density at radius 1 is 1.22 bits per heavy atom. The average Bonchev–Trinajstić information content (AvgIpc) is 2.86. The molecule has 0 aromatic heterocycles. The van der Waals surface area contributed by atoms with Gasteiger partial charge < -0.3 is 26.6 Å². The van der Waals surface area contributed by atoms with Crippen molar-refractivity contribution in [3.8, 4) is 0 Å². The number of guanidine groups is 1. The van der Waals surface area contributed by atoms with Crippen molar-refractivity contribution in [2.75, 3.05) is 31.4 Å². The van der Waals surface area contributed by atoms with Crippen molar-refractivity contribution in [1.29, 1.82) is 0 Å². The number of aryl methyl sites for hydroxylation is 1. The number of aliphatic imine (C=N–C) groups is 2. The SMILES string of the molecule is CN=C(/N=C\C(C)NC(=O)c1cc(NCc2cccc(N(C)C)c2)ccc1C)NC1=CCCC(N)=C1. The van der Waals surface area contributed by atoms with Gasteiger partial charge in [0.05, 0.1) is 6.04 Å². The van der Waals surface area contributed by atoms with Crippen LogP contribution in [0.15, 0.2) is 76.0 Å². The summed E-state index contributed by atoms with van der Waals surface area (Å²) in [6, 6.07) is 13.9. The van der Waals surface area contributed by atoms with Gasteiger partial charge in [0.2, 0.25) is 5.96 Å². The van der Waals surface area contributed by atoms with E-state index >= 15 is 0 Å². The molecule has 1 amide bonds. The van der Waals surface area contributed by atoms with Crippen LogP contribution in [0.5, 0.6) is 0 Å². The minimum absolute atomic E-state index is 0.154. The lowest BCUT2D eigenvalue weighted by atomic mass is 10.1. The van der Waals surface area contributed by atoms with Crippen LogP contribution < -0.4 is 26.6 Å². The Bertz CT molecular complexity index is 1190. The molecule has 2 aromatic rings. The maximum Gasteiger partial charge on any atom is 0.252 e. The number of nitrogens with zero attached hydrogens (tertiary/aromatic N) is 3. The normalized spacial score (nSPS) is 14.6. The molecule has 0 heterocycles. The summed E-state index contributed by atoms with van der Waals surface area (Å²) in [5.74, 6) is 0.298. The summed E-state index contributed by atoms with van der Waals surface area (Å²) in [4.78, 5) is 23.7. The summed E-state index contributed by atoms with van der Waals surface area (Å²) in [5, 5.41) is 9.59. The third kappa shape index (κ3) is 7.73. The highest BCUT2D eigenvalue weighted by Gasteiger charge is 2.13. The van der Waals surface area contributed by atoms with E-state index in [1.54, 1.807) is 13.3 Å². The molecular formula is C28H37N7O. The number of carbonyl (C=O) groups is 1. The Balaban J connectivity index is 1.60. The molecule has 0 aliphatic heterocycles. The van der Waals surface area contributed by atoms with Crippen LogP contribution in [-0.2, 0) is 6.54 Å². The van der Waals surface area contributed by atoms with E-state index in [-0.39, 0.29) is 11.9 Å². The number of benzene rings is 2. The van der Waals surface area contributed by atoms with E-state index < -0.39 is 0 Å². The molecule has 8 nitrogen and oxygen atoms in total. The maximum atomic E-state index is 13.0. The molecule has 5 N–H and O–H groups in total. The van der Waals surface area contributed by atoms with Crippen LogP contribution in [0.25, 0.3) is 0 Å². The van der Waals surface area contributed by atoms with Crippen LogP contribution in [-0.4, -0.2) is 45.3 Å². The Kier molecular flexibility index (Phi) is 9.27. The summed E-state index contributed by atoms with van der Waals surface area (Å²) >= 11 is 0. The molecule has 0 saturated carbocycles. The zero-order chi connectivity index (χ0) is 26.1. The largest absolute Gasteiger partial charge is 0.402 e. The first-order chi connectivity index (χ1) is 17.2. The van der Waals surface area contributed by atoms with Gasteiger partial charge in [-0.3, -0.25) is 9.79 Å². The fourth-order valence-electron chi connectivity index (χ4n) is 3.72. The molecule has 0 radical (unpaired) electrons. The molecule has 8 heteroatoms. The summed E-state index contributed by atoms with van der Waals surface area (Å²) in [7, 11) is 5.72. The van der Waals surface area contributed by atoms with E-state index in [2.05, 4.69) is 55.1 Å². The third-order valence-electron chi connectivity index (χ3n) is 5.79. The van der Waals surface area contributed by atoms with Gasteiger partial charge in [0.15, 0.2) is 0 Å². The fourth-order valence-corrected chi connectivity index (χ4v) is 3.72. The number of allylic oxidation sites excluding steroid dienone is 3. The van der Waals surface area contributed by atoms with Crippen LogP contribution >= 0.6 is 0 Å². The maximum absolute atomic E-state index is 13.0. The molecule has 1 unspecified atom stereocenters. The number of amides is 1. The molecule has 0 bridgehead atoms. The van der Waals surface area contributed by atoms with Crippen LogP contribution in [0.3, 0.4) is 0 Å². The zero-order valence-corrected chi connectivity index (χ0v) is 21.8. The van der Waals surface area contributed by atoms with Crippen LogP contribution in [0.2, 0.25) is 0 Å². The van der Waals surface area contributed by atoms with Gasteiger partial charge in [-0.15, -0.1) is 0 Å². The van der Waals surface area contributed by atoms with E-state index in [9.17, 15) is 4.79 Å². The predicted octanol–water partition coefficient (Wildman–Crippen LogP) is 3.96. The number of hydrogen-bond acceptors (Lipinski definition) is 5. The molecular weight excluding hydrogens is 450 g/mol. The van der Waals surface area contributed by atoms with Crippen molar-refractivity contribution in [2.45, 2.75) is 39.3 Å². The first-order valence-electron chi connectivity index (χ1n) is 12.1. The van der Waals surface area contributed by atoms with E-state index in [1.165, 1.54) is 5.56 Å². The highest BCUT2D eigenvalue weighted by Crippen LogP contribution is 2.18. The fraction of sp³-hybridized carbons (Fsp3) is 0.321. The second-order valence-corrected chi connectivity index (χ2v) is 9.08. The Labute approximate surface area is 214 Å². The number of nitrogens with one attached hydrogen (secondary N) is 3. The molecule has 1 aliphatic carbocycles. The van der Waals surface area contributed by atoms with Crippen molar-refractivity contribution < 1.29 is 4.79 Å². The molecule has 3 rings (SSSR count). The molecule has 36 heavy (non-hydrogen) atoms. The van der Waals surface area contributed by atoms with Gasteiger partial charge in [0, 0.05) is 62.2 Å². The molecule has 2 aromatic carbocycles. The van der Waals surface area contributed by atoms with E-state index in [1.807, 2.05) is 58.3 Å². The molecule has 1 aliphatic rings. The Morgan fingerprint density at radius 2 is 2.03 bits per heavy atom. The van der Waals surface area contributed by atoms with Gasteiger partial charge in [0.1, 0.15) is 0 Å². The summed E-state index contributed by atoms with van der Waals surface area (Å²) < 4.78 is 0. The van der Waals surface area contributed by atoms with Crippen LogP contribution in [0.4, 0.5) is 11.4 Å². The second-order valence-electron chi connectivity index (χ2n) is 9.08. The smallest absolute Gasteiger partial charge is 0.252 e. The van der Waals surface area contributed by atoms with Gasteiger partial charge >= 0.3 is 0 Å². The van der Waals surface area contributed by atoms with E-state index in [4.69, 9.17) is 5.73 Å². The number of nitrogens with two attached hydrogens (primary N) is 1. The molecule has 1 atom stereocenters. The minimum Gasteiger partial charge on any atom is -0.402 e. The monoisotopic (exact) mass is 487 g/mol. The van der Waals surface area contributed by atoms with E-state index in [0.717, 1.165) is 41.2 Å². The number of hydrogen-bond donors (Lipinski definition) is 4. The summed E-state index contributed by atoms with van der Waals surface area (Å²) in [6.45, 7) is 4.47. The molecule has 0 spiro atoms. The van der Waals surface area contributed by atoms with Crippen molar-refractivity contribution in [3.63, 3.8) is 0 Å². The number of anilines is 2. The lowest BCUT2D eigenvalue weighted by Gasteiger charge is -2.15. The number of carbonyl (C=O) groups excluding carboxylic acids is 1. The van der Waals surface area contributed by atoms with Crippen molar-refractivity contribution in [2.24, 2.45) is 15.7 Å². The standard InChI is InChI=1S/C28H37N7O/c1-19-12-13-23(31-18-21-8-6-11-25(14-21)35(4)5)16-26(19)27(36)33-20(2)17-32-28(30-3)34-24-10-7-9-22(29)15-24/h6,8,10-17,20,31H,7,9,18,29H2,1-5H3,(H,30,34)(H,33,36)/b32-17-. The van der Waals surface area contributed by atoms with Crippen LogP contribution in [0, 0.1) is 6.92 Å². The molecule has 190 valence electrons. The van der Waals surface area contributed by atoms with Gasteiger partial charge in [-0.2, -0.15) is 0 Å². The second kappa shape index (κ2) is 12.6. The quantitative estimate of drug-likeness (QED) is 0.333. The van der Waals surface area contributed by atoms with Gasteiger partial charge in [-0.1, -0.05) is 24.3 Å². The van der Waals surface area contributed by atoms with Crippen LogP contribution in [0.1, 0.15) is 41.3 Å². The summed E-state index contributed by atoms with van der Waals surface area (Å²) in [5.41, 5.74) is 12.4. The highest BCUT2D eigenvalue weighted by molar-refractivity contribution is 5.99. The Hall–Kier alpha value is -4.07. The zero-order valence-electron chi connectivity index (χ0n) is 21.8. The van der Waals surface area contributed by atoms with Crippen molar-refractivity contribution >= 4 is 29.5 Å². The van der Waals surface area contributed by atoms with Crippen molar-refractivity contribution in [1.82, 2.24) is 10.6 Å². The first kappa shape index (κ1) is 26.5. The minimum atomic E-state index is -0.290. The first-order valence-corrected chi connectivity index (χ1v) is 12.1. The van der Waals surface area contributed by atoms with Gasteiger partial charge in [-0.25, -0.2) is 4.99 Å². The average molecular weight is 488 g/mol. The van der Waals surface area contributed by atoms with Gasteiger partial charge in [-0.05, 0) is 68.2 Å².